The molecule has 1 N–H and O–H groups in total. The molecule has 2 aromatic rings. The van der Waals surface area contributed by atoms with Crippen molar-refractivity contribution in [2.45, 2.75) is 13.5 Å². The van der Waals surface area contributed by atoms with Crippen molar-refractivity contribution in [2.24, 2.45) is 0 Å². The van der Waals surface area contributed by atoms with Gasteiger partial charge in [0.15, 0.2) is 0 Å². The predicted octanol–water partition coefficient (Wildman–Crippen LogP) is 0.998. The molecule has 142 valence electrons. The summed E-state index contributed by atoms with van der Waals surface area (Å²) in [5.74, 6) is -0.538. The molecule has 1 fully saturated rings. The fourth-order valence-corrected chi connectivity index (χ4v) is 2.89. The lowest BCUT2D eigenvalue weighted by molar-refractivity contribution is -0.122. The van der Waals surface area contributed by atoms with E-state index in [9.17, 15) is 14.0 Å². The summed E-state index contributed by atoms with van der Waals surface area (Å²) in [6, 6.07) is 4.94. The smallest absolute Gasteiger partial charge is 0.274 e. The van der Waals surface area contributed by atoms with Gasteiger partial charge in [0.2, 0.25) is 5.91 Å². The Hall–Kier alpha value is -2.87. The van der Waals surface area contributed by atoms with Gasteiger partial charge in [-0.05, 0) is 24.1 Å². The van der Waals surface area contributed by atoms with E-state index in [1.165, 1.54) is 24.7 Å². The van der Waals surface area contributed by atoms with Crippen molar-refractivity contribution in [1.29, 1.82) is 0 Å². The number of hydrogen-bond donors (Lipinski definition) is 1. The Morgan fingerprint density at radius 1 is 1.19 bits per heavy atom. The third-order valence-electron chi connectivity index (χ3n) is 4.53. The molecular formula is C19H22FN5O2. The zero-order valence-electron chi connectivity index (χ0n) is 15.2. The highest BCUT2D eigenvalue weighted by atomic mass is 19.1. The molecule has 1 aromatic heterocycles. The Kier molecular flexibility index (Phi) is 6.08. The lowest BCUT2D eigenvalue weighted by atomic mass is 10.1. The molecule has 1 aromatic carbocycles. The summed E-state index contributed by atoms with van der Waals surface area (Å²) in [7, 11) is 0. The quantitative estimate of drug-likeness (QED) is 0.848. The van der Waals surface area contributed by atoms with E-state index >= 15 is 0 Å². The second-order valence-electron chi connectivity index (χ2n) is 6.52. The van der Waals surface area contributed by atoms with Crippen LogP contribution in [0.5, 0.6) is 0 Å². The minimum Gasteiger partial charge on any atom is -0.351 e. The van der Waals surface area contributed by atoms with Crippen molar-refractivity contribution >= 4 is 11.8 Å². The first-order chi connectivity index (χ1) is 13.0. The van der Waals surface area contributed by atoms with Crippen LogP contribution in [0.3, 0.4) is 0 Å². The van der Waals surface area contributed by atoms with Crippen molar-refractivity contribution < 1.29 is 14.0 Å². The van der Waals surface area contributed by atoms with E-state index in [0.717, 1.165) is 5.56 Å². The number of nitrogens with one attached hydrogen (secondary N) is 1. The van der Waals surface area contributed by atoms with E-state index in [-0.39, 0.29) is 24.2 Å². The molecule has 2 amide bonds. The number of benzene rings is 1. The summed E-state index contributed by atoms with van der Waals surface area (Å²) < 4.78 is 13.5. The molecule has 0 saturated carbocycles. The number of piperazine rings is 1. The zero-order chi connectivity index (χ0) is 19.2. The molecule has 0 radical (unpaired) electrons. The van der Waals surface area contributed by atoms with Gasteiger partial charge in [0, 0.05) is 45.1 Å². The van der Waals surface area contributed by atoms with Gasteiger partial charge < -0.3 is 10.2 Å². The van der Waals surface area contributed by atoms with E-state index in [0.29, 0.717) is 44.0 Å². The highest BCUT2D eigenvalue weighted by molar-refractivity contribution is 5.92. The number of aromatic nitrogens is 2. The van der Waals surface area contributed by atoms with Gasteiger partial charge in [-0.15, -0.1) is 0 Å². The largest absolute Gasteiger partial charge is 0.351 e. The van der Waals surface area contributed by atoms with Gasteiger partial charge in [-0.2, -0.15) is 0 Å². The molecule has 2 heterocycles. The fraction of sp³-hybridized carbons (Fsp3) is 0.368. The van der Waals surface area contributed by atoms with E-state index in [4.69, 9.17) is 0 Å². The van der Waals surface area contributed by atoms with Crippen LogP contribution in [0.25, 0.3) is 0 Å². The number of halogens is 1. The van der Waals surface area contributed by atoms with E-state index in [2.05, 4.69) is 15.3 Å². The SMILES string of the molecule is Cc1ccc(CNC(=O)CN2CCN(C(=O)c3cnccn3)CC2)cc1F. The maximum Gasteiger partial charge on any atom is 0.274 e. The Balaban J connectivity index is 1.42. The number of hydrogen-bond acceptors (Lipinski definition) is 5. The Morgan fingerprint density at radius 2 is 1.96 bits per heavy atom. The first-order valence-corrected chi connectivity index (χ1v) is 8.82. The van der Waals surface area contributed by atoms with Gasteiger partial charge in [0.25, 0.3) is 5.91 Å². The van der Waals surface area contributed by atoms with Gasteiger partial charge in [-0.3, -0.25) is 19.5 Å². The Morgan fingerprint density at radius 3 is 2.63 bits per heavy atom. The minimum absolute atomic E-state index is 0.121. The summed E-state index contributed by atoms with van der Waals surface area (Å²) in [5.41, 5.74) is 1.64. The molecule has 8 heteroatoms. The van der Waals surface area contributed by atoms with Crippen molar-refractivity contribution in [3.05, 3.63) is 59.4 Å². The molecule has 0 aliphatic carbocycles. The van der Waals surface area contributed by atoms with Crippen LogP contribution in [0.4, 0.5) is 4.39 Å². The van der Waals surface area contributed by atoms with Crippen LogP contribution in [0.1, 0.15) is 21.6 Å². The predicted molar refractivity (Wildman–Crippen MR) is 97.4 cm³/mol. The minimum atomic E-state index is -0.273. The summed E-state index contributed by atoms with van der Waals surface area (Å²) in [6.45, 7) is 4.53. The molecule has 0 bridgehead atoms. The van der Waals surface area contributed by atoms with Crippen LogP contribution in [0.15, 0.2) is 36.8 Å². The molecule has 27 heavy (non-hydrogen) atoms. The van der Waals surface area contributed by atoms with E-state index < -0.39 is 0 Å². The Bertz CT molecular complexity index is 807. The molecule has 1 aliphatic rings. The maximum absolute atomic E-state index is 13.5. The lowest BCUT2D eigenvalue weighted by Gasteiger charge is -2.34. The second kappa shape index (κ2) is 8.68. The van der Waals surface area contributed by atoms with Gasteiger partial charge in [0.05, 0.1) is 12.7 Å². The van der Waals surface area contributed by atoms with Gasteiger partial charge in [0.1, 0.15) is 11.5 Å². The molecule has 0 unspecified atom stereocenters. The van der Waals surface area contributed by atoms with Crippen molar-refractivity contribution in [3.8, 4) is 0 Å². The van der Waals surface area contributed by atoms with Gasteiger partial charge in [-0.25, -0.2) is 9.37 Å². The molecule has 1 aliphatic heterocycles. The number of amides is 2. The van der Waals surface area contributed by atoms with Crippen LogP contribution in [-0.4, -0.2) is 64.3 Å². The zero-order valence-corrected chi connectivity index (χ0v) is 15.2. The number of carbonyl (C=O) groups excluding carboxylic acids is 2. The molecule has 1 saturated heterocycles. The number of rotatable bonds is 5. The second-order valence-corrected chi connectivity index (χ2v) is 6.52. The lowest BCUT2D eigenvalue weighted by Crippen LogP contribution is -2.51. The van der Waals surface area contributed by atoms with Crippen LogP contribution in [-0.2, 0) is 11.3 Å². The van der Waals surface area contributed by atoms with Crippen LogP contribution in [0.2, 0.25) is 0 Å². The number of carbonyl (C=O) groups is 2. The van der Waals surface area contributed by atoms with Gasteiger partial charge >= 0.3 is 0 Å². The maximum atomic E-state index is 13.5. The average Bonchev–Trinajstić information content (AvgIpc) is 2.69. The topological polar surface area (TPSA) is 78.4 Å². The molecular weight excluding hydrogens is 349 g/mol. The normalized spacial score (nSPS) is 14.8. The summed E-state index contributed by atoms with van der Waals surface area (Å²) >= 11 is 0. The first-order valence-electron chi connectivity index (χ1n) is 8.82. The van der Waals surface area contributed by atoms with Crippen molar-refractivity contribution in [2.75, 3.05) is 32.7 Å². The average molecular weight is 371 g/mol. The summed E-state index contributed by atoms with van der Waals surface area (Å²) in [5, 5.41) is 2.81. The fourth-order valence-electron chi connectivity index (χ4n) is 2.89. The monoisotopic (exact) mass is 371 g/mol. The van der Waals surface area contributed by atoms with Crippen LogP contribution in [0, 0.1) is 12.7 Å². The first kappa shape index (κ1) is 18.9. The van der Waals surface area contributed by atoms with Crippen molar-refractivity contribution in [3.63, 3.8) is 0 Å². The van der Waals surface area contributed by atoms with Crippen LogP contribution >= 0.6 is 0 Å². The third kappa shape index (κ3) is 5.07. The molecule has 7 nitrogen and oxygen atoms in total. The van der Waals surface area contributed by atoms with Crippen LogP contribution < -0.4 is 5.32 Å². The third-order valence-corrected chi connectivity index (χ3v) is 4.53. The highest BCUT2D eigenvalue weighted by Crippen LogP contribution is 2.09. The molecule has 3 rings (SSSR count). The van der Waals surface area contributed by atoms with Gasteiger partial charge in [-0.1, -0.05) is 12.1 Å². The number of aryl methyl sites for hydroxylation is 1. The summed E-state index contributed by atoms with van der Waals surface area (Å²) in [4.78, 5) is 36.1. The standard InChI is InChI=1S/C19H22FN5O2/c1-14-2-3-15(10-16(14)20)11-23-18(26)13-24-6-8-25(9-7-24)19(27)17-12-21-4-5-22-17/h2-5,10,12H,6-9,11,13H2,1H3,(H,23,26). The number of nitrogens with zero attached hydrogens (tertiary/aromatic N) is 4. The summed E-state index contributed by atoms with van der Waals surface area (Å²) in [6.07, 6.45) is 4.47. The highest BCUT2D eigenvalue weighted by Gasteiger charge is 2.24. The van der Waals surface area contributed by atoms with E-state index in [1.807, 2.05) is 4.90 Å². The molecule has 0 spiro atoms. The van der Waals surface area contributed by atoms with E-state index in [1.54, 1.807) is 24.0 Å². The molecule has 0 atom stereocenters. The van der Waals surface area contributed by atoms with Crippen molar-refractivity contribution in [1.82, 2.24) is 25.1 Å². The Labute approximate surface area is 157 Å².